The molecule has 0 aromatic heterocycles. The lowest BCUT2D eigenvalue weighted by molar-refractivity contribution is 0.101. The maximum atomic E-state index is 11.4. The molecule has 0 radical (unpaired) electrons. The van der Waals surface area contributed by atoms with Crippen molar-refractivity contribution in [2.24, 2.45) is 0 Å². The lowest BCUT2D eigenvalue weighted by atomic mass is 10.1. The number of carbonyl (C=O) groups is 1. The van der Waals surface area contributed by atoms with Gasteiger partial charge in [-0.15, -0.1) is 0 Å². The Labute approximate surface area is 79.3 Å². The number of hydrogen-bond acceptors (Lipinski definition) is 2. The van der Waals surface area contributed by atoms with Crippen molar-refractivity contribution in [3.05, 3.63) is 28.2 Å². The maximum Gasteiger partial charge on any atom is 0.184 e. The number of anilines is 1. The Morgan fingerprint density at radius 1 is 1.50 bits per heavy atom. The Morgan fingerprint density at radius 3 is 2.92 bits per heavy atom. The first-order chi connectivity index (χ1) is 5.70. The second-order valence-electron chi connectivity index (χ2n) is 2.92. The van der Waals surface area contributed by atoms with Crippen molar-refractivity contribution in [2.45, 2.75) is 0 Å². The first-order valence-corrected chi connectivity index (χ1v) is 4.52. The first-order valence-electron chi connectivity index (χ1n) is 3.73. The minimum Gasteiger partial charge on any atom is -0.365 e. The second kappa shape index (κ2) is 2.59. The molecule has 12 heavy (non-hydrogen) atoms. The molecule has 0 amide bonds. The van der Waals surface area contributed by atoms with Gasteiger partial charge in [-0.25, -0.2) is 0 Å². The molecule has 0 fully saturated rings. The molecule has 1 aliphatic rings. The first kappa shape index (κ1) is 7.80. The van der Waals surface area contributed by atoms with Gasteiger partial charge in [0.15, 0.2) is 5.78 Å². The molecule has 1 aliphatic heterocycles. The minimum absolute atomic E-state index is 0.203. The minimum atomic E-state index is 0.203. The molecule has 1 aromatic rings. The molecular formula is C9H8BrNO. The van der Waals surface area contributed by atoms with Crippen LogP contribution in [0.3, 0.4) is 0 Å². The van der Waals surface area contributed by atoms with Gasteiger partial charge in [-0.1, -0.05) is 6.07 Å². The van der Waals surface area contributed by atoms with Gasteiger partial charge in [-0.3, -0.25) is 4.79 Å². The predicted molar refractivity (Wildman–Crippen MR) is 51.7 cm³/mol. The van der Waals surface area contributed by atoms with E-state index in [1.807, 2.05) is 30.1 Å². The molecule has 2 rings (SSSR count). The molecule has 1 aromatic carbocycles. The molecular weight excluding hydrogens is 218 g/mol. The topological polar surface area (TPSA) is 20.3 Å². The summed E-state index contributed by atoms with van der Waals surface area (Å²) in [5, 5.41) is 0. The van der Waals surface area contributed by atoms with Crippen LogP contribution in [-0.4, -0.2) is 19.4 Å². The molecule has 2 nitrogen and oxygen atoms in total. The Hall–Kier alpha value is -0.830. The standard InChI is InChI=1S/C9H8BrNO/c1-11-5-8(12)6-3-2-4-7(10)9(6)11/h2-4H,5H2,1H3. The zero-order valence-electron chi connectivity index (χ0n) is 6.67. The number of hydrogen-bond donors (Lipinski definition) is 0. The van der Waals surface area contributed by atoms with Gasteiger partial charge in [-0.2, -0.15) is 0 Å². The Kier molecular flexibility index (Phi) is 1.68. The van der Waals surface area contributed by atoms with E-state index in [-0.39, 0.29) is 5.78 Å². The van der Waals surface area contributed by atoms with Crippen LogP contribution in [-0.2, 0) is 0 Å². The van der Waals surface area contributed by atoms with Crippen molar-refractivity contribution < 1.29 is 4.79 Å². The fraction of sp³-hybridized carbons (Fsp3) is 0.222. The number of halogens is 1. The number of carbonyl (C=O) groups excluding carboxylic acids is 1. The smallest absolute Gasteiger partial charge is 0.184 e. The van der Waals surface area contributed by atoms with E-state index in [0.29, 0.717) is 6.54 Å². The van der Waals surface area contributed by atoms with Crippen LogP contribution in [0.5, 0.6) is 0 Å². The van der Waals surface area contributed by atoms with Gasteiger partial charge in [0.1, 0.15) is 0 Å². The molecule has 0 atom stereocenters. The molecule has 0 bridgehead atoms. The monoisotopic (exact) mass is 225 g/mol. The van der Waals surface area contributed by atoms with Gasteiger partial charge in [-0.05, 0) is 28.1 Å². The lowest BCUT2D eigenvalue weighted by Gasteiger charge is -2.11. The van der Waals surface area contributed by atoms with Crippen LogP contribution < -0.4 is 4.90 Å². The van der Waals surface area contributed by atoms with E-state index in [0.717, 1.165) is 15.7 Å². The number of likely N-dealkylation sites (N-methyl/N-ethyl adjacent to an activating group) is 1. The number of benzene rings is 1. The number of rotatable bonds is 0. The van der Waals surface area contributed by atoms with Crippen molar-refractivity contribution in [1.29, 1.82) is 0 Å². The number of fused-ring (bicyclic) bond motifs is 1. The Bertz CT molecular complexity index is 348. The van der Waals surface area contributed by atoms with Gasteiger partial charge in [0.2, 0.25) is 0 Å². The number of ketones is 1. The Morgan fingerprint density at radius 2 is 2.25 bits per heavy atom. The van der Waals surface area contributed by atoms with Crippen LogP contribution in [0.2, 0.25) is 0 Å². The van der Waals surface area contributed by atoms with Crippen molar-refractivity contribution in [3.8, 4) is 0 Å². The quantitative estimate of drug-likeness (QED) is 0.675. The summed E-state index contributed by atoms with van der Waals surface area (Å²) >= 11 is 3.42. The molecule has 0 saturated heterocycles. The van der Waals surface area contributed by atoms with Crippen LogP contribution in [0.15, 0.2) is 22.7 Å². The summed E-state index contributed by atoms with van der Waals surface area (Å²) in [6.45, 7) is 0.498. The highest BCUT2D eigenvalue weighted by Gasteiger charge is 2.25. The lowest BCUT2D eigenvalue weighted by Crippen LogP contribution is -2.15. The molecule has 0 saturated carbocycles. The SMILES string of the molecule is CN1CC(=O)c2cccc(Br)c21. The number of Topliss-reactive ketones (excluding diaryl/α,β-unsaturated/α-hetero) is 1. The van der Waals surface area contributed by atoms with Crippen molar-refractivity contribution >= 4 is 27.4 Å². The summed E-state index contributed by atoms with van der Waals surface area (Å²) in [5.74, 6) is 0.203. The van der Waals surface area contributed by atoms with E-state index in [2.05, 4.69) is 15.9 Å². The van der Waals surface area contributed by atoms with Crippen LogP contribution >= 0.6 is 15.9 Å². The molecule has 0 unspecified atom stereocenters. The van der Waals surface area contributed by atoms with Crippen LogP contribution in [0, 0.1) is 0 Å². The summed E-state index contributed by atoms with van der Waals surface area (Å²) < 4.78 is 0.994. The summed E-state index contributed by atoms with van der Waals surface area (Å²) in [6.07, 6.45) is 0. The molecule has 0 spiro atoms. The third kappa shape index (κ3) is 0.966. The van der Waals surface area contributed by atoms with Gasteiger partial charge in [0.25, 0.3) is 0 Å². The average Bonchev–Trinajstić information content (AvgIpc) is 2.29. The normalized spacial score (nSPS) is 15.2. The molecule has 0 aliphatic carbocycles. The fourth-order valence-electron chi connectivity index (χ4n) is 1.51. The summed E-state index contributed by atoms with van der Waals surface area (Å²) in [6, 6.07) is 5.71. The highest BCUT2D eigenvalue weighted by atomic mass is 79.9. The molecule has 0 N–H and O–H groups in total. The predicted octanol–water partition coefficient (Wildman–Crippen LogP) is 2.08. The van der Waals surface area contributed by atoms with Gasteiger partial charge < -0.3 is 4.90 Å². The number of nitrogens with zero attached hydrogens (tertiary/aromatic N) is 1. The van der Waals surface area contributed by atoms with Crippen molar-refractivity contribution in [2.75, 3.05) is 18.5 Å². The zero-order chi connectivity index (χ0) is 8.72. The summed E-state index contributed by atoms with van der Waals surface area (Å²) in [5.41, 5.74) is 1.84. The van der Waals surface area contributed by atoms with Crippen LogP contribution in [0.4, 0.5) is 5.69 Å². The maximum absolute atomic E-state index is 11.4. The fourth-order valence-corrected chi connectivity index (χ4v) is 2.18. The highest BCUT2D eigenvalue weighted by Crippen LogP contribution is 2.33. The van der Waals surface area contributed by atoms with E-state index in [1.165, 1.54) is 0 Å². The van der Waals surface area contributed by atoms with E-state index in [1.54, 1.807) is 0 Å². The van der Waals surface area contributed by atoms with E-state index < -0.39 is 0 Å². The van der Waals surface area contributed by atoms with Crippen molar-refractivity contribution in [3.63, 3.8) is 0 Å². The van der Waals surface area contributed by atoms with Crippen LogP contribution in [0.25, 0.3) is 0 Å². The third-order valence-corrected chi connectivity index (χ3v) is 2.69. The van der Waals surface area contributed by atoms with E-state index >= 15 is 0 Å². The van der Waals surface area contributed by atoms with E-state index in [4.69, 9.17) is 0 Å². The molecule has 3 heteroatoms. The molecule has 62 valence electrons. The average molecular weight is 226 g/mol. The largest absolute Gasteiger partial charge is 0.365 e. The van der Waals surface area contributed by atoms with Gasteiger partial charge in [0, 0.05) is 17.1 Å². The van der Waals surface area contributed by atoms with Gasteiger partial charge >= 0.3 is 0 Å². The number of para-hydroxylation sites is 1. The van der Waals surface area contributed by atoms with Crippen LogP contribution in [0.1, 0.15) is 10.4 Å². The van der Waals surface area contributed by atoms with E-state index in [9.17, 15) is 4.79 Å². The summed E-state index contributed by atoms with van der Waals surface area (Å²) in [7, 11) is 1.93. The summed E-state index contributed by atoms with van der Waals surface area (Å²) in [4.78, 5) is 13.3. The van der Waals surface area contributed by atoms with Crippen molar-refractivity contribution in [1.82, 2.24) is 0 Å². The highest BCUT2D eigenvalue weighted by molar-refractivity contribution is 9.10. The molecule has 1 heterocycles. The second-order valence-corrected chi connectivity index (χ2v) is 3.77. The Balaban J connectivity index is 2.67. The third-order valence-electron chi connectivity index (χ3n) is 2.05. The van der Waals surface area contributed by atoms with Gasteiger partial charge in [0.05, 0.1) is 12.2 Å². The zero-order valence-corrected chi connectivity index (χ0v) is 8.26.